The van der Waals surface area contributed by atoms with Crippen molar-refractivity contribution in [1.29, 1.82) is 0 Å². The maximum absolute atomic E-state index is 10.6. The van der Waals surface area contributed by atoms with E-state index in [0.717, 1.165) is 35.1 Å². The van der Waals surface area contributed by atoms with Crippen molar-refractivity contribution in [3.8, 4) is 5.75 Å². The van der Waals surface area contributed by atoms with Gasteiger partial charge in [0.15, 0.2) is 5.89 Å². The molecule has 1 aliphatic carbocycles. The summed E-state index contributed by atoms with van der Waals surface area (Å²) in [6.07, 6.45) is 5.63. The minimum Gasteiger partial charge on any atom is -0.493 e. The zero-order valence-electron chi connectivity index (χ0n) is 17.6. The molecule has 5 N–H and O–H groups in total. The number of ether oxygens (including phenoxy) is 1. The molecule has 30 heavy (non-hydrogen) atoms. The van der Waals surface area contributed by atoms with Crippen LogP contribution >= 0.6 is 11.8 Å². The quantitative estimate of drug-likeness (QED) is 0.518. The molecule has 0 bridgehead atoms. The normalized spacial score (nSPS) is 13.7. The fourth-order valence-corrected chi connectivity index (χ4v) is 3.97. The topological polar surface area (TPSA) is 125 Å². The van der Waals surface area contributed by atoms with Crippen molar-refractivity contribution in [2.45, 2.75) is 50.7 Å². The van der Waals surface area contributed by atoms with Crippen LogP contribution in [0.4, 0.5) is 0 Å². The molecular weight excluding hydrogens is 402 g/mol. The number of aromatic nitrogens is 1. The average Bonchev–Trinajstić information content (AvgIpc) is 3.38. The van der Waals surface area contributed by atoms with Crippen molar-refractivity contribution in [3.05, 3.63) is 47.2 Å². The van der Waals surface area contributed by atoms with Gasteiger partial charge in [-0.25, -0.2) is 4.98 Å². The van der Waals surface area contributed by atoms with Crippen LogP contribution in [0.1, 0.15) is 54.5 Å². The smallest absolute Gasteiger partial charge is 0.313 e. The zero-order chi connectivity index (χ0) is 21.8. The molecule has 7 nitrogen and oxygen atoms in total. The Morgan fingerprint density at radius 1 is 1.30 bits per heavy atom. The van der Waals surface area contributed by atoms with Gasteiger partial charge in [0.05, 0.1) is 18.1 Å². The summed E-state index contributed by atoms with van der Waals surface area (Å²) in [5.41, 5.74) is 11.9. The molecule has 3 rings (SSSR count). The summed E-state index contributed by atoms with van der Waals surface area (Å²) in [4.78, 5) is 15.3. The number of carboxylic acids is 1. The molecule has 8 heteroatoms. The molecule has 0 spiro atoms. The summed E-state index contributed by atoms with van der Waals surface area (Å²) in [6, 6.07) is 7.81. The highest BCUT2D eigenvalue weighted by Crippen LogP contribution is 2.34. The molecule has 0 atom stereocenters. The molecule has 0 amide bonds. The molecule has 1 aliphatic rings. The Morgan fingerprint density at radius 3 is 2.70 bits per heavy atom. The van der Waals surface area contributed by atoms with Crippen molar-refractivity contribution in [3.63, 3.8) is 0 Å². The van der Waals surface area contributed by atoms with E-state index in [2.05, 4.69) is 0 Å². The number of aliphatic carboxylic acids is 1. The molecule has 1 saturated carbocycles. The van der Waals surface area contributed by atoms with Gasteiger partial charge in [-0.05, 0) is 37.5 Å². The number of thioether (sulfide) groups is 1. The zero-order valence-corrected chi connectivity index (χ0v) is 18.5. The van der Waals surface area contributed by atoms with Gasteiger partial charge in [0.1, 0.15) is 11.5 Å². The minimum absolute atomic E-state index is 0.111. The van der Waals surface area contributed by atoms with E-state index in [9.17, 15) is 4.79 Å². The average molecular weight is 436 g/mol. The Hall–Kier alpha value is -2.03. The lowest BCUT2D eigenvalue weighted by Crippen LogP contribution is -2.11. The highest BCUT2D eigenvalue weighted by molar-refractivity contribution is 7.99. The Labute approximate surface area is 182 Å². The SMILES string of the molecule is Cc1oc(C2CCCC2)nc1CCOc1cccc(CSCC(=O)O)c1.NCCN. The second kappa shape index (κ2) is 13.3. The Morgan fingerprint density at radius 2 is 2.03 bits per heavy atom. The predicted molar refractivity (Wildman–Crippen MR) is 120 cm³/mol. The lowest BCUT2D eigenvalue weighted by atomic mass is 10.1. The van der Waals surface area contributed by atoms with Crippen LogP contribution in [0.5, 0.6) is 5.75 Å². The fourth-order valence-electron chi connectivity index (χ4n) is 3.28. The summed E-state index contributed by atoms with van der Waals surface area (Å²) in [6.45, 7) is 3.71. The van der Waals surface area contributed by atoms with Gasteiger partial charge in [0, 0.05) is 31.2 Å². The van der Waals surface area contributed by atoms with Crippen LogP contribution < -0.4 is 16.2 Å². The van der Waals surface area contributed by atoms with E-state index in [1.54, 1.807) is 0 Å². The number of nitrogens with zero attached hydrogens (tertiary/aromatic N) is 1. The van der Waals surface area contributed by atoms with Crippen molar-refractivity contribution in [2.24, 2.45) is 11.5 Å². The van der Waals surface area contributed by atoms with Crippen molar-refractivity contribution in [2.75, 3.05) is 25.4 Å². The highest BCUT2D eigenvalue weighted by atomic mass is 32.2. The number of nitrogens with two attached hydrogens (primary N) is 2. The Balaban J connectivity index is 0.000000735. The van der Waals surface area contributed by atoms with Gasteiger partial charge in [0.25, 0.3) is 0 Å². The molecule has 1 heterocycles. The van der Waals surface area contributed by atoms with Crippen LogP contribution in [0.25, 0.3) is 0 Å². The number of carboxylic acid groups (broad SMARTS) is 1. The first-order chi connectivity index (χ1) is 14.5. The van der Waals surface area contributed by atoms with Crippen molar-refractivity contribution >= 4 is 17.7 Å². The lowest BCUT2D eigenvalue weighted by molar-refractivity contribution is -0.133. The van der Waals surface area contributed by atoms with E-state index in [-0.39, 0.29) is 5.75 Å². The number of benzene rings is 1. The van der Waals surface area contributed by atoms with Crippen LogP contribution in [0.2, 0.25) is 0 Å². The van der Waals surface area contributed by atoms with Gasteiger partial charge >= 0.3 is 5.97 Å². The van der Waals surface area contributed by atoms with Gasteiger partial charge in [-0.2, -0.15) is 0 Å². The lowest BCUT2D eigenvalue weighted by Gasteiger charge is -2.07. The number of rotatable bonds is 10. The Bertz CT molecular complexity index is 773. The van der Waals surface area contributed by atoms with E-state index >= 15 is 0 Å². The molecule has 0 unspecified atom stereocenters. The first-order valence-corrected chi connectivity index (χ1v) is 11.6. The fraction of sp³-hybridized carbons (Fsp3) is 0.545. The summed E-state index contributed by atoms with van der Waals surface area (Å²) >= 11 is 1.38. The van der Waals surface area contributed by atoms with E-state index in [4.69, 9.17) is 30.7 Å². The molecular formula is C22H33N3O4S. The molecule has 1 fully saturated rings. The van der Waals surface area contributed by atoms with Crippen LogP contribution in [0, 0.1) is 6.92 Å². The van der Waals surface area contributed by atoms with Crippen molar-refractivity contribution in [1.82, 2.24) is 4.98 Å². The summed E-state index contributed by atoms with van der Waals surface area (Å²) < 4.78 is 11.7. The molecule has 0 aliphatic heterocycles. The van der Waals surface area contributed by atoms with Gasteiger partial charge in [-0.3, -0.25) is 4.79 Å². The van der Waals surface area contributed by atoms with Crippen LogP contribution in [-0.2, 0) is 17.0 Å². The molecule has 0 radical (unpaired) electrons. The van der Waals surface area contributed by atoms with Gasteiger partial charge in [0.2, 0.25) is 0 Å². The number of carbonyl (C=O) groups is 1. The van der Waals surface area contributed by atoms with Gasteiger partial charge < -0.3 is 25.7 Å². The van der Waals surface area contributed by atoms with Gasteiger partial charge in [-0.1, -0.05) is 25.0 Å². The molecule has 1 aromatic heterocycles. The summed E-state index contributed by atoms with van der Waals surface area (Å²) in [5.74, 6) is 3.07. The van der Waals surface area contributed by atoms with Gasteiger partial charge in [-0.15, -0.1) is 11.8 Å². The van der Waals surface area contributed by atoms with Crippen molar-refractivity contribution < 1.29 is 19.1 Å². The number of oxazole rings is 1. The minimum atomic E-state index is -0.789. The largest absolute Gasteiger partial charge is 0.493 e. The molecule has 2 aromatic rings. The molecule has 166 valence electrons. The van der Waals surface area contributed by atoms with Crippen LogP contribution in [0.15, 0.2) is 28.7 Å². The third-order valence-corrected chi connectivity index (χ3v) is 5.77. The second-order valence-electron chi connectivity index (χ2n) is 7.25. The Kier molecular flexibility index (Phi) is 10.8. The van der Waals surface area contributed by atoms with Crippen LogP contribution in [0.3, 0.4) is 0 Å². The highest BCUT2D eigenvalue weighted by Gasteiger charge is 2.23. The number of hydrogen-bond acceptors (Lipinski definition) is 7. The number of hydrogen-bond donors (Lipinski definition) is 3. The molecule has 1 aromatic carbocycles. The second-order valence-corrected chi connectivity index (χ2v) is 8.23. The van der Waals surface area contributed by atoms with E-state index in [0.29, 0.717) is 31.4 Å². The summed E-state index contributed by atoms with van der Waals surface area (Å²) in [7, 11) is 0. The van der Waals surface area contributed by atoms with E-state index < -0.39 is 5.97 Å². The maximum Gasteiger partial charge on any atom is 0.313 e. The van der Waals surface area contributed by atoms with Crippen LogP contribution in [-0.4, -0.2) is 41.5 Å². The maximum atomic E-state index is 10.6. The third kappa shape index (κ3) is 8.38. The number of aryl methyl sites for hydroxylation is 1. The molecule has 0 saturated heterocycles. The third-order valence-electron chi connectivity index (χ3n) is 4.78. The first-order valence-electron chi connectivity index (χ1n) is 10.4. The monoisotopic (exact) mass is 435 g/mol. The van der Waals surface area contributed by atoms with E-state index in [1.807, 2.05) is 31.2 Å². The predicted octanol–water partition coefficient (Wildman–Crippen LogP) is 3.48. The first kappa shape index (κ1) is 24.2. The standard InChI is InChI=1S/C20H25NO4S.C2H8N2/c1-14-18(21-20(25-14)16-6-2-3-7-16)9-10-24-17-8-4-5-15(11-17)12-26-13-19(22)23;3-1-2-4/h4-5,8,11,16H,2-3,6-7,9-10,12-13H2,1H3,(H,22,23);1-4H2. The summed E-state index contributed by atoms with van der Waals surface area (Å²) in [5, 5.41) is 8.70. The van der Waals surface area contributed by atoms with E-state index in [1.165, 1.54) is 37.4 Å².